The molecule has 2 heterocycles. The normalized spacial score (nSPS) is 14.0. The summed E-state index contributed by atoms with van der Waals surface area (Å²) in [5, 5.41) is 8.24. The first-order valence-electron chi connectivity index (χ1n) is 17.5. The van der Waals surface area contributed by atoms with Crippen LogP contribution in [0.25, 0.3) is 94.6 Å². The van der Waals surface area contributed by atoms with E-state index in [0.29, 0.717) is 23.4 Å². The minimum Gasteiger partial charge on any atom is -0.256 e. The molecule has 0 saturated heterocycles. The van der Waals surface area contributed by atoms with Crippen molar-refractivity contribution in [2.45, 2.75) is 13.3 Å². The van der Waals surface area contributed by atoms with Crippen molar-refractivity contribution >= 4 is 49.3 Å². The Kier molecular flexibility index (Phi) is 6.81. The van der Waals surface area contributed by atoms with E-state index >= 15 is 0 Å². The summed E-state index contributed by atoms with van der Waals surface area (Å²) in [6.07, 6.45) is 7.47. The van der Waals surface area contributed by atoms with Crippen LogP contribution in [0.1, 0.15) is 18.1 Å². The number of aromatic nitrogens is 4. The molecule has 1 aliphatic rings. The van der Waals surface area contributed by atoms with Crippen molar-refractivity contribution < 1.29 is 0 Å². The molecular weight excluding hydrogens is 621 g/mol. The summed E-state index contributed by atoms with van der Waals surface area (Å²) in [5.41, 5.74) is 8.70. The number of benzene rings is 7. The van der Waals surface area contributed by atoms with E-state index in [0.717, 1.165) is 55.9 Å². The molecule has 1 unspecified atom stereocenters. The highest BCUT2D eigenvalue weighted by Gasteiger charge is 2.22. The van der Waals surface area contributed by atoms with E-state index in [1.807, 2.05) is 18.3 Å². The van der Waals surface area contributed by atoms with Crippen molar-refractivity contribution in [1.82, 2.24) is 19.9 Å². The van der Waals surface area contributed by atoms with Crippen LogP contribution in [-0.4, -0.2) is 19.9 Å². The Morgan fingerprint density at radius 1 is 0.490 bits per heavy atom. The van der Waals surface area contributed by atoms with Gasteiger partial charge in [-0.15, -0.1) is 0 Å². The minimum atomic E-state index is 0.416. The molecule has 51 heavy (non-hydrogen) atoms. The van der Waals surface area contributed by atoms with Crippen molar-refractivity contribution in [3.05, 3.63) is 163 Å². The van der Waals surface area contributed by atoms with E-state index in [1.54, 1.807) is 0 Å². The van der Waals surface area contributed by atoms with E-state index in [4.69, 9.17) is 19.9 Å². The van der Waals surface area contributed by atoms with Crippen LogP contribution in [0.4, 0.5) is 0 Å². The molecule has 0 spiro atoms. The number of fused-ring (bicyclic) bond motifs is 7. The van der Waals surface area contributed by atoms with Crippen LogP contribution in [-0.2, 0) is 6.42 Å². The Morgan fingerprint density at radius 3 is 1.88 bits per heavy atom. The van der Waals surface area contributed by atoms with Gasteiger partial charge in [-0.1, -0.05) is 134 Å². The summed E-state index contributed by atoms with van der Waals surface area (Å²) in [5.74, 6) is 2.43. The van der Waals surface area contributed by atoms with Crippen LogP contribution in [0.15, 0.2) is 152 Å². The molecule has 4 nitrogen and oxygen atoms in total. The standard InChI is InChI=1S/C47H32N4/c1-29-18-23-40-37-14-6-3-11-33(37)27-43(41(40)24-29)47-50-45(31-21-19-30(20-22-31)35-25-34-12-4-9-17-44(34)48-28-35)49-46(51-47)42-26-32-10-2-5-13-36(32)38-15-7-8-16-39(38)42/h2-23,25-29H,24H2,1H3. The maximum absolute atomic E-state index is 5.34. The molecule has 0 saturated carbocycles. The highest BCUT2D eigenvalue weighted by atomic mass is 15.0. The van der Waals surface area contributed by atoms with Gasteiger partial charge < -0.3 is 0 Å². The van der Waals surface area contributed by atoms with Crippen molar-refractivity contribution in [3.63, 3.8) is 0 Å². The van der Waals surface area contributed by atoms with Crippen molar-refractivity contribution in [3.8, 4) is 45.3 Å². The zero-order chi connectivity index (χ0) is 33.9. The molecule has 0 amide bonds. The lowest BCUT2D eigenvalue weighted by Gasteiger charge is -2.22. The fraction of sp³-hybridized carbons (Fsp3) is 0.0638. The number of hydrogen-bond donors (Lipinski definition) is 0. The Hall–Kier alpha value is -6.52. The molecule has 2 aromatic heterocycles. The third-order valence-electron chi connectivity index (χ3n) is 10.3. The van der Waals surface area contributed by atoms with E-state index in [-0.39, 0.29) is 0 Å². The van der Waals surface area contributed by atoms with Crippen molar-refractivity contribution in [2.75, 3.05) is 0 Å². The smallest absolute Gasteiger partial charge is 0.164 e. The lowest BCUT2D eigenvalue weighted by Crippen LogP contribution is -2.08. The van der Waals surface area contributed by atoms with E-state index in [2.05, 4.69) is 146 Å². The first-order chi connectivity index (χ1) is 25.2. The van der Waals surface area contributed by atoms with Crippen molar-refractivity contribution in [1.29, 1.82) is 0 Å². The monoisotopic (exact) mass is 652 g/mol. The summed E-state index contributed by atoms with van der Waals surface area (Å²) in [6, 6.07) is 49.2. The molecular formula is C47H32N4. The van der Waals surface area contributed by atoms with Gasteiger partial charge >= 0.3 is 0 Å². The van der Waals surface area contributed by atoms with Crippen molar-refractivity contribution in [2.24, 2.45) is 5.92 Å². The largest absolute Gasteiger partial charge is 0.256 e. The molecule has 1 aliphatic carbocycles. The Morgan fingerprint density at radius 2 is 1.08 bits per heavy atom. The molecule has 10 rings (SSSR count). The molecule has 4 heteroatoms. The van der Waals surface area contributed by atoms with Crippen LogP contribution >= 0.6 is 0 Å². The Bertz CT molecular complexity index is 2850. The van der Waals surface area contributed by atoms with Crippen LogP contribution in [0.5, 0.6) is 0 Å². The first kappa shape index (κ1) is 29.4. The molecule has 7 aromatic carbocycles. The molecule has 240 valence electrons. The SMILES string of the molecule is CC1C=Cc2c(c(-c3nc(-c4ccc(-c5cnc6ccccc6c5)cc4)nc(-c4cc5ccccc5c5ccccc45)n3)cc3ccccc23)C1. The van der Waals surface area contributed by atoms with E-state index < -0.39 is 0 Å². The highest BCUT2D eigenvalue weighted by molar-refractivity contribution is 6.13. The molecule has 0 fully saturated rings. The van der Waals surface area contributed by atoms with Gasteiger partial charge in [0.25, 0.3) is 0 Å². The topological polar surface area (TPSA) is 51.6 Å². The van der Waals surface area contributed by atoms with Gasteiger partial charge in [0.05, 0.1) is 5.52 Å². The lowest BCUT2D eigenvalue weighted by molar-refractivity contribution is 0.719. The number of hydrogen-bond acceptors (Lipinski definition) is 4. The third-order valence-corrected chi connectivity index (χ3v) is 10.3. The van der Waals surface area contributed by atoms with Crippen LogP contribution in [0, 0.1) is 5.92 Å². The predicted octanol–water partition coefficient (Wildman–Crippen LogP) is 11.8. The lowest BCUT2D eigenvalue weighted by atomic mass is 9.84. The second-order valence-electron chi connectivity index (χ2n) is 13.6. The van der Waals surface area contributed by atoms with Gasteiger partial charge in [0.15, 0.2) is 17.5 Å². The number of para-hydroxylation sites is 1. The highest BCUT2D eigenvalue weighted by Crippen LogP contribution is 2.39. The predicted molar refractivity (Wildman–Crippen MR) is 211 cm³/mol. The molecule has 0 N–H and O–H groups in total. The summed E-state index contributed by atoms with van der Waals surface area (Å²) in [7, 11) is 0. The molecule has 0 bridgehead atoms. The van der Waals surface area contributed by atoms with Gasteiger partial charge in [0.2, 0.25) is 0 Å². The van der Waals surface area contributed by atoms with Gasteiger partial charge in [-0.3, -0.25) is 4.98 Å². The number of rotatable bonds is 4. The number of pyridine rings is 1. The average molecular weight is 653 g/mol. The maximum atomic E-state index is 5.34. The first-order valence-corrected chi connectivity index (χ1v) is 17.5. The van der Waals surface area contributed by atoms with Gasteiger partial charge in [0.1, 0.15) is 0 Å². The fourth-order valence-electron chi connectivity index (χ4n) is 7.70. The van der Waals surface area contributed by atoms with E-state index in [1.165, 1.54) is 32.7 Å². The van der Waals surface area contributed by atoms with Gasteiger partial charge in [0, 0.05) is 33.8 Å². The van der Waals surface area contributed by atoms with Crippen LogP contribution in [0.2, 0.25) is 0 Å². The van der Waals surface area contributed by atoms with E-state index in [9.17, 15) is 0 Å². The molecule has 0 aliphatic heterocycles. The average Bonchev–Trinajstić information content (AvgIpc) is 3.20. The van der Waals surface area contributed by atoms with Gasteiger partial charge in [-0.25, -0.2) is 15.0 Å². The molecule has 9 aromatic rings. The van der Waals surface area contributed by atoms with Crippen LogP contribution in [0.3, 0.4) is 0 Å². The quantitative estimate of drug-likeness (QED) is 0.178. The Labute approximate surface area is 295 Å². The third kappa shape index (κ3) is 5.07. The Balaban J connectivity index is 1.20. The summed E-state index contributed by atoms with van der Waals surface area (Å²) in [6.45, 7) is 2.27. The maximum Gasteiger partial charge on any atom is 0.164 e. The summed E-state index contributed by atoms with van der Waals surface area (Å²) >= 11 is 0. The summed E-state index contributed by atoms with van der Waals surface area (Å²) in [4.78, 5) is 20.5. The number of nitrogens with zero attached hydrogens (tertiary/aromatic N) is 4. The van der Waals surface area contributed by atoms with Gasteiger partial charge in [-0.2, -0.15) is 0 Å². The van der Waals surface area contributed by atoms with Gasteiger partial charge in [-0.05, 0) is 85.6 Å². The fourth-order valence-corrected chi connectivity index (χ4v) is 7.70. The zero-order valence-corrected chi connectivity index (χ0v) is 28.1. The van der Waals surface area contributed by atoms with Crippen LogP contribution < -0.4 is 0 Å². The summed E-state index contributed by atoms with van der Waals surface area (Å²) < 4.78 is 0. The second-order valence-corrected chi connectivity index (χ2v) is 13.6. The molecule has 1 atom stereocenters. The second kappa shape index (κ2) is 11.8. The number of allylic oxidation sites excluding steroid dienone is 1. The molecule has 0 radical (unpaired) electrons. The zero-order valence-electron chi connectivity index (χ0n) is 28.1. The minimum absolute atomic E-state index is 0.416.